The first kappa shape index (κ1) is 26.2. The largest absolute Gasteiger partial charge is 0.456 e. The van der Waals surface area contributed by atoms with Crippen LogP contribution in [-0.4, -0.2) is 15.0 Å². The van der Waals surface area contributed by atoms with Gasteiger partial charge in [-0.3, -0.25) is 0 Å². The van der Waals surface area contributed by atoms with Crippen LogP contribution < -0.4 is 0 Å². The molecule has 0 amide bonds. The van der Waals surface area contributed by atoms with Crippen LogP contribution in [0.15, 0.2) is 120 Å². The lowest BCUT2D eigenvalue weighted by Gasteiger charge is -2.38. The van der Waals surface area contributed by atoms with E-state index in [9.17, 15) is 0 Å². The molecule has 4 aliphatic rings. The Morgan fingerprint density at radius 3 is 1.78 bits per heavy atom. The van der Waals surface area contributed by atoms with Gasteiger partial charge in [-0.05, 0) is 114 Å². The molecule has 0 N–H and O–H groups in total. The van der Waals surface area contributed by atoms with Gasteiger partial charge in [0.2, 0.25) is 0 Å². The maximum Gasteiger partial charge on any atom is 0.164 e. The van der Waals surface area contributed by atoms with Crippen LogP contribution in [-0.2, 0) is 0 Å². The topological polar surface area (TPSA) is 51.8 Å². The summed E-state index contributed by atoms with van der Waals surface area (Å²) in [4.78, 5) is 15.5. The number of aromatic nitrogens is 3. The van der Waals surface area contributed by atoms with Gasteiger partial charge in [0, 0.05) is 27.5 Å². The number of fused-ring (bicyclic) bond motifs is 3. The number of hydrogen-bond acceptors (Lipinski definition) is 4. The van der Waals surface area contributed by atoms with Crippen molar-refractivity contribution in [2.45, 2.75) is 43.9 Å². The summed E-state index contributed by atoms with van der Waals surface area (Å²) in [7, 11) is 0. The van der Waals surface area contributed by atoms with E-state index in [1.54, 1.807) is 11.1 Å². The SMILES string of the molecule is c1ccc(-c2cccc(-c3nc(-c4ccc5c(c4)C4CC6CC5C[C@@H](C6)C4)nc(-c4ccc5oc6ccccc6c5c4)n3)c2)cc1. The maximum atomic E-state index is 6.14. The first-order valence-electron chi connectivity index (χ1n) is 16.7. The molecule has 46 heavy (non-hydrogen) atoms. The third kappa shape index (κ3) is 4.31. The van der Waals surface area contributed by atoms with Crippen molar-refractivity contribution in [3.8, 4) is 45.3 Å². The Hall–Kier alpha value is -5.09. The average molecular weight is 596 g/mol. The van der Waals surface area contributed by atoms with Crippen LogP contribution in [0.1, 0.15) is 55.1 Å². The second-order valence-corrected chi connectivity index (χ2v) is 13.7. The van der Waals surface area contributed by atoms with Crippen LogP contribution >= 0.6 is 0 Å². The summed E-state index contributed by atoms with van der Waals surface area (Å²) in [5, 5.41) is 2.16. The highest BCUT2D eigenvalue weighted by molar-refractivity contribution is 6.06. The van der Waals surface area contributed by atoms with Gasteiger partial charge in [-0.25, -0.2) is 15.0 Å². The second kappa shape index (κ2) is 10.2. The van der Waals surface area contributed by atoms with Gasteiger partial charge in [0.15, 0.2) is 17.5 Å². The van der Waals surface area contributed by atoms with Crippen molar-refractivity contribution in [3.63, 3.8) is 0 Å². The smallest absolute Gasteiger partial charge is 0.164 e. The molecular weight excluding hydrogens is 562 g/mol. The number of para-hydroxylation sites is 1. The molecule has 4 aliphatic carbocycles. The van der Waals surface area contributed by atoms with Crippen molar-refractivity contribution in [1.29, 1.82) is 0 Å². The highest BCUT2D eigenvalue weighted by Crippen LogP contribution is 2.56. The van der Waals surface area contributed by atoms with Gasteiger partial charge < -0.3 is 4.42 Å². The molecule has 4 heteroatoms. The molecule has 0 spiro atoms. The lowest BCUT2D eigenvalue weighted by molar-refractivity contribution is 0.166. The van der Waals surface area contributed by atoms with Crippen molar-refractivity contribution >= 4 is 21.9 Å². The monoisotopic (exact) mass is 595 g/mol. The summed E-state index contributed by atoms with van der Waals surface area (Å²) < 4.78 is 6.14. The molecular formula is C42H33N3O. The quantitative estimate of drug-likeness (QED) is 0.203. The summed E-state index contributed by atoms with van der Waals surface area (Å²) in [6, 6.07) is 40.6. The minimum atomic E-state index is 0.659. The van der Waals surface area contributed by atoms with Crippen LogP contribution in [0.2, 0.25) is 0 Å². The number of furan rings is 1. The zero-order valence-corrected chi connectivity index (χ0v) is 25.6. The predicted molar refractivity (Wildman–Crippen MR) is 184 cm³/mol. The molecule has 0 saturated heterocycles. The molecule has 11 rings (SSSR count). The summed E-state index contributed by atoms with van der Waals surface area (Å²) >= 11 is 0. The Bertz CT molecular complexity index is 2270. The van der Waals surface area contributed by atoms with Crippen LogP contribution in [0.3, 0.4) is 0 Å². The Labute approximate surface area is 268 Å². The standard InChI is InChI=1S/C42H33N3O/c1-2-7-27(8-3-1)28-9-6-10-29(22-28)40-43-41(30-13-15-34-32-18-25-17-26(19-32)21-33(20-25)36(34)23-30)45-42(44-40)31-14-16-39-37(24-31)35-11-4-5-12-38(35)46-39/h1-16,22-26,32-33H,17-21H2/t25-,26?,32?,33?/m1/s1. The normalized spacial score (nSPS) is 21.5. The van der Waals surface area contributed by atoms with Gasteiger partial charge in [0.25, 0.3) is 0 Å². The molecule has 3 unspecified atom stereocenters. The fourth-order valence-corrected chi connectivity index (χ4v) is 8.89. The van der Waals surface area contributed by atoms with E-state index in [-0.39, 0.29) is 0 Å². The molecule has 0 aliphatic heterocycles. The molecule has 2 fully saturated rings. The molecule has 2 aromatic heterocycles. The molecule has 222 valence electrons. The highest BCUT2D eigenvalue weighted by atomic mass is 16.3. The lowest BCUT2D eigenvalue weighted by atomic mass is 9.67. The van der Waals surface area contributed by atoms with Crippen molar-refractivity contribution in [3.05, 3.63) is 126 Å². The van der Waals surface area contributed by atoms with E-state index >= 15 is 0 Å². The van der Waals surface area contributed by atoms with Gasteiger partial charge in [0.1, 0.15) is 11.2 Å². The summed E-state index contributed by atoms with van der Waals surface area (Å²) in [6.45, 7) is 0. The Balaban J connectivity index is 1.14. The van der Waals surface area contributed by atoms with Crippen LogP contribution in [0, 0.1) is 11.8 Å². The van der Waals surface area contributed by atoms with Crippen LogP contribution in [0.5, 0.6) is 0 Å². The van der Waals surface area contributed by atoms with Crippen molar-refractivity contribution in [1.82, 2.24) is 15.0 Å². The van der Waals surface area contributed by atoms with E-state index < -0.39 is 0 Å². The molecule has 4 nitrogen and oxygen atoms in total. The Kier molecular flexibility index (Phi) is 5.81. The summed E-state index contributed by atoms with van der Waals surface area (Å²) in [6.07, 6.45) is 6.83. The summed E-state index contributed by atoms with van der Waals surface area (Å²) in [5.41, 5.74) is 10.2. The highest BCUT2D eigenvalue weighted by Gasteiger charge is 2.42. The van der Waals surface area contributed by atoms with Gasteiger partial charge in [-0.15, -0.1) is 0 Å². The van der Waals surface area contributed by atoms with E-state index in [0.29, 0.717) is 23.5 Å². The Morgan fingerprint density at radius 2 is 1.00 bits per heavy atom. The lowest BCUT2D eigenvalue weighted by Crippen LogP contribution is -2.25. The van der Waals surface area contributed by atoms with Gasteiger partial charge >= 0.3 is 0 Å². The van der Waals surface area contributed by atoms with Gasteiger partial charge in [-0.2, -0.15) is 0 Å². The minimum Gasteiger partial charge on any atom is -0.456 e. The molecule has 4 atom stereocenters. The van der Waals surface area contributed by atoms with E-state index in [2.05, 4.69) is 97.1 Å². The fourth-order valence-electron chi connectivity index (χ4n) is 8.89. The fraction of sp³-hybridized carbons (Fsp3) is 0.214. The molecule has 7 aromatic rings. The number of nitrogens with zero attached hydrogens (tertiary/aromatic N) is 3. The summed E-state index contributed by atoms with van der Waals surface area (Å²) in [5.74, 6) is 5.23. The average Bonchev–Trinajstić information content (AvgIpc) is 3.40. The third-order valence-electron chi connectivity index (χ3n) is 10.9. The number of benzene rings is 5. The van der Waals surface area contributed by atoms with Crippen molar-refractivity contribution in [2.75, 3.05) is 0 Å². The second-order valence-electron chi connectivity index (χ2n) is 13.7. The first-order valence-corrected chi connectivity index (χ1v) is 16.7. The number of hydrogen-bond donors (Lipinski definition) is 0. The van der Waals surface area contributed by atoms with E-state index in [4.69, 9.17) is 19.4 Å². The Morgan fingerprint density at radius 1 is 0.413 bits per heavy atom. The van der Waals surface area contributed by atoms with E-state index in [1.807, 2.05) is 18.2 Å². The first-order chi connectivity index (χ1) is 22.7. The molecule has 4 bridgehead atoms. The molecule has 2 heterocycles. The predicted octanol–water partition coefficient (Wildman–Crippen LogP) is 10.8. The molecule has 5 aromatic carbocycles. The zero-order chi connectivity index (χ0) is 30.2. The molecule has 0 radical (unpaired) electrons. The van der Waals surface area contributed by atoms with E-state index in [0.717, 1.165) is 61.9 Å². The van der Waals surface area contributed by atoms with Crippen LogP contribution in [0.4, 0.5) is 0 Å². The maximum absolute atomic E-state index is 6.14. The third-order valence-corrected chi connectivity index (χ3v) is 10.9. The zero-order valence-electron chi connectivity index (χ0n) is 25.6. The minimum absolute atomic E-state index is 0.659. The molecule has 2 saturated carbocycles. The number of rotatable bonds is 4. The van der Waals surface area contributed by atoms with E-state index in [1.165, 1.54) is 37.7 Å². The van der Waals surface area contributed by atoms with Crippen molar-refractivity contribution < 1.29 is 4.42 Å². The van der Waals surface area contributed by atoms with Crippen molar-refractivity contribution in [2.24, 2.45) is 11.8 Å². The van der Waals surface area contributed by atoms with Gasteiger partial charge in [-0.1, -0.05) is 78.9 Å². The van der Waals surface area contributed by atoms with Crippen LogP contribution in [0.25, 0.3) is 67.2 Å². The van der Waals surface area contributed by atoms with Gasteiger partial charge in [0.05, 0.1) is 0 Å².